The maximum Gasteiger partial charge on any atom is -0.0348 e. The van der Waals surface area contributed by atoms with Crippen LogP contribution in [0.1, 0.15) is 71.1 Å². The van der Waals surface area contributed by atoms with Crippen molar-refractivity contribution in [1.82, 2.24) is 0 Å². The fourth-order valence-electron chi connectivity index (χ4n) is 1.90. The van der Waals surface area contributed by atoms with Gasteiger partial charge < -0.3 is 0 Å². The van der Waals surface area contributed by atoms with Crippen molar-refractivity contribution >= 4 is 0 Å². The molecule has 0 rings (SSSR count). The van der Waals surface area contributed by atoms with Gasteiger partial charge in [0.1, 0.15) is 0 Å². The predicted molar refractivity (Wildman–Crippen MR) is 84.6 cm³/mol. The molecule has 18 heavy (non-hydrogen) atoms. The lowest BCUT2D eigenvalue weighted by atomic mass is 10.1. The molecule has 0 aliphatic carbocycles. The first-order valence-corrected chi connectivity index (χ1v) is 7.67. The van der Waals surface area contributed by atoms with Gasteiger partial charge in [-0.3, -0.25) is 0 Å². The van der Waals surface area contributed by atoms with Gasteiger partial charge in [0.15, 0.2) is 0 Å². The highest BCUT2D eigenvalue weighted by molar-refractivity contribution is 5.08. The number of rotatable bonds is 13. The Kier molecular flexibility index (Phi) is 15.5. The summed E-state index contributed by atoms with van der Waals surface area (Å²) in [4.78, 5) is 0. The Bertz CT molecular complexity index is 210. The second-order valence-electron chi connectivity index (χ2n) is 4.82. The van der Waals surface area contributed by atoms with Crippen LogP contribution in [-0.4, -0.2) is 0 Å². The van der Waals surface area contributed by atoms with E-state index in [1.807, 2.05) is 12.2 Å². The molecule has 0 fully saturated rings. The topological polar surface area (TPSA) is 0 Å². The van der Waals surface area contributed by atoms with Crippen molar-refractivity contribution in [1.29, 1.82) is 0 Å². The van der Waals surface area contributed by atoms with Crippen LogP contribution in [0, 0.1) is 6.42 Å². The second-order valence-corrected chi connectivity index (χ2v) is 4.82. The average molecular weight is 247 g/mol. The van der Waals surface area contributed by atoms with Crippen LogP contribution in [0.4, 0.5) is 0 Å². The minimum atomic E-state index is 1.21. The summed E-state index contributed by atoms with van der Waals surface area (Å²) in [6, 6.07) is 0. The molecule has 0 aromatic heterocycles. The monoisotopic (exact) mass is 247 g/mol. The molecule has 0 unspecified atom stereocenters. The zero-order valence-corrected chi connectivity index (χ0v) is 12.2. The maximum absolute atomic E-state index is 3.64. The molecule has 0 aliphatic rings. The lowest BCUT2D eigenvalue weighted by Gasteiger charge is -2.00. The number of hydrogen-bond donors (Lipinski definition) is 0. The summed E-state index contributed by atoms with van der Waals surface area (Å²) in [5.41, 5.74) is 0. The van der Waals surface area contributed by atoms with Crippen LogP contribution in [0.3, 0.4) is 0 Å². The van der Waals surface area contributed by atoms with Gasteiger partial charge in [0.25, 0.3) is 0 Å². The van der Waals surface area contributed by atoms with Crippen LogP contribution in [-0.2, 0) is 0 Å². The average Bonchev–Trinajstić information content (AvgIpc) is 2.39. The Hall–Kier alpha value is -0.780. The van der Waals surface area contributed by atoms with Gasteiger partial charge in [0, 0.05) is 0 Å². The lowest BCUT2D eigenvalue weighted by molar-refractivity contribution is 0.621. The van der Waals surface area contributed by atoms with E-state index in [1.54, 1.807) is 6.08 Å². The summed E-state index contributed by atoms with van der Waals surface area (Å²) < 4.78 is 0. The minimum absolute atomic E-state index is 1.21. The van der Waals surface area contributed by atoms with E-state index in [4.69, 9.17) is 0 Å². The molecule has 0 aromatic rings. The van der Waals surface area contributed by atoms with Gasteiger partial charge in [-0.1, -0.05) is 95.2 Å². The SMILES string of the molecule is C=C/C=C/C=C/CCCCCC[CH]CCCCC. The molecule has 0 saturated carbocycles. The molecule has 0 aliphatic heterocycles. The van der Waals surface area contributed by atoms with Crippen molar-refractivity contribution in [2.24, 2.45) is 0 Å². The molecule has 0 saturated heterocycles. The third-order valence-corrected chi connectivity index (χ3v) is 3.04. The molecule has 0 bridgehead atoms. The van der Waals surface area contributed by atoms with E-state index in [9.17, 15) is 0 Å². The molecule has 1 radical (unpaired) electrons. The molecule has 0 atom stereocenters. The van der Waals surface area contributed by atoms with Crippen LogP contribution in [0.5, 0.6) is 0 Å². The molecular formula is C18H31. The molecule has 0 heteroatoms. The van der Waals surface area contributed by atoms with Gasteiger partial charge >= 0.3 is 0 Å². The van der Waals surface area contributed by atoms with Gasteiger partial charge in [-0.25, -0.2) is 0 Å². The Morgan fingerprint density at radius 3 is 2.06 bits per heavy atom. The predicted octanol–water partition coefficient (Wildman–Crippen LogP) is 6.41. The third kappa shape index (κ3) is 15.2. The van der Waals surface area contributed by atoms with Crippen LogP contribution in [0.15, 0.2) is 37.0 Å². The molecule has 0 heterocycles. The van der Waals surface area contributed by atoms with E-state index < -0.39 is 0 Å². The Morgan fingerprint density at radius 2 is 1.39 bits per heavy atom. The zero-order chi connectivity index (χ0) is 13.3. The van der Waals surface area contributed by atoms with Crippen LogP contribution >= 0.6 is 0 Å². The minimum Gasteiger partial charge on any atom is -0.0991 e. The van der Waals surface area contributed by atoms with E-state index in [-0.39, 0.29) is 0 Å². The largest absolute Gasteiger partial charge is 0.0991 e. The molecule has 0 amide bonds. The third-order valence-electron chi connectivity index (χ3n) is 3.04. The summed E-state index contributed by atoms with van der Waals surface area (Å²) in [5, 5.41) is 0. The Morgan fingerprint density at radius 1 is 0.722 bits per heavy atom. The molecule has 103 valence electrons. The summed E-state index contributed by atoms with van der Waals surface area (Å²) >= 11 is 0. The van der Waals surface area contributed by atoms with Gasteiger partial charge in [0.2, 0.25) is 0 Å². The smallest absolute Gasteiger partial charge is 0.0348 e. The van der Waals surface area contributed by atoms with Crippen molar-refractivity contribution < 1.29 is 0 Å². The van der Waals surface area contributed by atoms with Crippen molar-refractivity contribution in [2.45, 2.75) is 71.1 Å². The summed E-state index contributed by atoms with van der Waals surface area (Å²) in [6.07, 6.45) is 26.1. The first-order chi connectivity index (χ1) is 8.91. The molecule has 0 aromatic carbocycles. The van der Waals surface area contributed by atoms with Crippen LogP contribution < -0.4 is 0 Å². The standard InChI is InChI=1S/C18H31/c1-3-5-7-9-11-13-15-17-18-16-14-12-10-8-6-4-2/h3,5,7,9,11-12H,1,4,6,8,10,13-18H2,2H3/b7-5+,11-9+. The van der Waals surface area contributed by atoms with Crippen molar-refractivity contribution in [3.05, 3.63) is 43.4 Å². The highest BCUT2D eigenvalue weighted by atomic mass is 14.0. The van der Waals surface area contributed by atoms with Gasteiger partial charge in [-0.05, 0) is 19.3 Å². The van der Waals surface area contributed by atoms with Crippen LogP contribution in [0.25, 0.3) is 0 Å². The highest BCUT2D eigenvalue weighted by Gasteiger charge is 1.91. The van der Waals surface area contributed by atoms with E-state index in [2.05, 4.69) is 32.1 Å². The molecule has 0 nitrogen and oxygen atoms in total. The first-order valence-electron chi connectivity index (χ1n) is 7.67. The van der Waals surface area contributed by atoms with Crippen molar-refractivity contribution in [3.63, 3.8) is 0 Å². The summed E-state index contributed by atoms with van der Waals surface area (Å²) in [7, 11) is 0. The number of hydrogen-bond acceptors (Lipinski definition) is 0. The number of allylic oxidation sites excluding steroid dienone is 5. The zero-order valence-electron chi connectivity index (χ0n) is 12.2. The van der Waals surface area contributed by atoms with E-state index in [0.29, 0.717) is 0 Å². The van der Waals surface area contributed by atoms with E-state index in [1.165, 1.54) is 64.2 Å². The fraction of sp³-hybridized carbons (Fsp3) is 0.611. The Balaban J connectivity index is 3.05. The quantitative estimate of drug-likeness (QED) is 0.260. The Labute approximate surface area is 115 Å². The molecule has 0 N–H and O–H groups in total. The highest BCUT2D eigenvalue weighted by Crippen LogP contribution is 2.10. The molecular weight excluding hydrogens is 216 g/mol. The summed E-state index contributed by atoms with van der Waals surface area (Å²) in [6.45, 7) is 5.90. The van der Waals surface area contributed by atoms with Gasteiger partial charge in [-0.2, -0.15) is 0 Å². The lowest BCUT2D eigenvalue weighted by Crippen LogP contribution is -1.82. The summed E-state index contributed by atoms with van der Waals surface area (Å²) in [5.74, 6) is 0. The molecule has 0 spiro atoms. The van der Waals surface area contributed by atoms with Crippen molar-refractivity contribution in [3.8, 4) is 0 Å². The van der Waals surface area contributed by atoms with Gasteiger partial charge in [-0.15, -0.1) is 0 Å². The first kappa shape index (κ1) is 17.2. The van der Waals surface area contributed by atoms with Crippen LogP contribution in [0.2, 0.25) is 0 Å². The number of unbranched alkanes of at least 4 members (excludes halogenated alkanes) is 10. The fourth-order valence-corrected chi connectivity index (χ4v) is 1.90. The van der Waals surface area contributed by atoms with Gasteiger partial charge in [0.05, 0.1) is 0 Å². The van der Waals surface area contributed by atoms with E-state index in [0.717, 1.165) is 0 Å². The maximum atomic E-state index is 3.64. The van der Waals surface area contributed by atoms with E-state index >= 15 is 0 Å². The van der Waals surface area contributed by atoms with Crippen molar-refractivity contribution in [2.75, 3.05) is 0 Å². The normalized spacial score (nSPS) is 11.6. The second kappa shape index (κ2) is 16.2.